The fraction of sp³-hybridized carbons (Fsp3) is 0.750. The summed E-state index contributed by atoms with van der Waals surface area (Å²) in [6.45, 7) is 16.1. The van der Waals surface area contributed by atoms with Crippen molar-refractivity contribution in [2.45, 2.75) is 67.1 Å². The Morgan fingerprint density at radius 2 is 1.43 bits per heavy atom. The van der Waals surface area contributed by atoms with Crippen LogP contribution in [0.3, 0.4) is 0 Å². The Morgan fingerprint density at radius 3 is 2.00 bits per heavy atom. The highest BCUT2D eigenvalue weighted by molar-refractivity contribution is 6.01. The predicted molar refractivity (Wildman–Crippen MR) is 91.0 cm³/mol. The number of Topliss-reactive ketones (excluding diaryl/α,β-unsaturated/α-hetero) is 1. The normalized spacial score (nSPS) is 39.3. The van der Waals surface area contributed by atoms with Crippen molar-refractivity contribution >= 4 is 5.78 Å². The van der Waals surface area contributed by atoms with Gasteiger partial charge in [0.25, 0.3) is 0 Å². The Labute approximate surface area is 140 Å². The first-order chi connectivity index (χ1) is 10.5. The van der Waals surface area contributed by atoms with Crippen LogP contribution in [0.1, 0.15) is 61.3 Å². The number of fused-ring (bicyclic) bond motifs is 2. The molecule has 3 nitrogen and oxygen atoms in total. The average molecular weight is 318 g/mol. The van der Waals surface area contributed by atoms with Gasteiger partial charge in [0, 0.05) is 16.2 Å². The molecule has 0 amide bonds. The first-order valence-corrected chi connectivity index (χ1v) is 8.64. The molecule has 1 fully saturated rings. The number of carbonyl (C=O) groups excluding carboxylic acids is 1. The van der Waals surface area contributed by atoms with E-state index in [-0.39, 0.29) is 16.6 Å². The number of hydrogen-bond acceptors (Lipinski definition) is 3. The number of allylic oxidation sites excluding steroid dienone is 3. The van der Waals surface area contributed by atoms with E-state index in [2.05, 4.69) is 41.5 Å². The molecule has 0 aromatic rings. The third kappa shape index (κ3) is 2.12. The second-order valence-corrected chi connectivity index (χ2v) is 9.14. The maximum absolute atomic E-state index is 13.1. The quantitative estimate of drug-likeness (QED) is 0.620. The van der Waals surface area contributed by atoms with Crippen LogP contribution in [0.5, 0.6) is 0 Å². The van der Waals surface area contributed by atoms with Crippen molar-refractivity contribution in [2.75, 3.05) is 13.2 Å². The molecule has 1 saturated heterocycles. The molecule has 0 aromatic heterocycles. The van der Waals surface area contributed by atoms with Crippen LogP contribution >= 0.6 is 0 Å². The highest BCUT2D eigenvalue weighted by Gasteiger charge is 2.67. The van der Waals surface area contributed by atoms with Crippen LogP contribution in [0.4, 0.5) is 0 Å². The van der Waals surface area contributed by atoms with Gasteiger partial charge in [0.05, 0.1) is 13.2 Å². The topological polar surface area (TPSA) is 35.5 Å². The van der Waals surface area contributed by atoms with Gasteiger partial charge < -0.3 is 9.47 Å². The van der Waals surface area contributed by atoms with Gasteiger partial charge in [-0.05, 0) is 45.3 Å². The summed E-state index contributed by atoms with van der Waals surface area (Å²) < 4.78 is 12.8. The lowest BCUT2D eigenvalue weighted by Gasteiger charge is -2.61. The van der Waals surface area contributed by atoms with Crippen LogP contribution in [0, 0.1) is 16.2 Å². The molecule has 3 rings (SSSR count). The number of rotatable bonds is 0. The lowest BCUT2D eigenvalue weighted by atomic mass is 9.48. The van der Waals surface area contributed by atoms with Gasteiger partial charge >= 0.3 is 0 Å². The zero-order chi connectivity index (χ0) is 17.3. The molecule has 0 N–H and O–H groups in total. The molecule has 0 aromatic carbocycles. The van der Waals surface area contributed by atoms with Crippen LogP contribution in [0.25, 0.3) is 0 Å². The van der Waals surface area contributed by atoms with E-state index in [1.165, 1.54) is 11.1 Å². The average Bonchev–Trinajstić information content (AvgIpc) is 2.45. The molecule has 3 heteroatoms. The van der Waals surface area contributed by atoms with Crippen molar-refractivity contribution in [2.24, 2.45) is 16.2 Å². The summed E-state index contributed by atoms with van der Waals surface area (Å²) in [5.41, 5.74) is 2.63. The molecule has 1 spiro atoms. The third-order valence-corrected chi connectivity index (χ3v) is 6.57. The van der Waals surface area contributed by atoms with Gasteiger partial charge in [-0.1, -0.05) is 38.8 Å². The van der Waals surface area contributed by atoms with Crippen LogP contribution in [-0.2, 0) is 14.3 Å². The maximum atomic E-state index is 13.1. The fourth-order valence-corrected chi connectivity index (χ4v) is 4.63. The number of ketones is 1. The monoisotopic (exact) mass is 318 g/mol. The third-order valence-electron chi connectivity index (χ3n) is 6.57. The van der Waals surface area contributed by atoms with Crippen molar-refractivity contribution in [1.29, 1.82) is 0 Å². The molecule has 128 valence electrons. The Morgan fingerprint density at radius 1 is 0.913 bits per heavy atom. The molecule has 2 atom stereocenters. The Kier molecular flexibility index (Phi) is 3.53. The molecule has 0 bridgehead atoms. The first-order valence-electron chi connectivity index (χ1n) is 8.64. The van der Waals surface area contributed by atoms with E-state index in [1.54, 1.807) is 0 Å². The molecule has 0 radical (unpaired) electrons. The number of hydrogen-bond donors (Lipinski definition) is 0. The number of carbonyl (C=O) groups is 1. The van der Waals surface area contributed by atoms with Gasteiger partial charge in [0.15, 0.2) is 11.6 Å². The van der Waals surface area contributed by atoms with Crippen molar-refractivity contribution < 1.29 is 14.3 Å². The summed E-state index contributed by atoms with van der Waals surface area (Å²) in [6.07, 6.45) is 3.59. The predicted octanol–water partition coefficient (Wildman–Crippen LogP) is 4.43. The van der Waals surface area contributed by atoms with Gasteiger partial charge in [0.1, 0.15) is 0 Å². The van der Waals surface area contributed by atoms with Crippen LogP contribution in [0.2, 0.25) is 0 Å². The molecule has 1 aliphatic heterocycles. The molecular formula is C20H30O3. The summed E-state index contributed by atoms with van der Waals surface area (Å²) in [5.74, 6) is -0.550. The summed E-state index contributed by atoms with van der Waals surface area (Å²) >= 11 is 0. The summed E-state index contributed by atoms with van der Waals surface area (Å²) in [4.78, 5) is 13.1. The van der Waals surface area contributed by atoms with Crippen molar-refractivity contribution in [3.8, 4) is 0 Å². The van der Waals surface area contributed by atoms with E-state index in [9.17, 15) is 4.79 Å². The van der Waals surface area contributed by atoms with Gasteiger partial charge in [-0.3, -0.25) is 4.79 Å². The van der Waals surface area contributed by atoms with Crippen molar-refractivity contribution in [1.82, 2.24) is 0 Å². The van der Waals surface area contributed by atoms with Gasteiger partial charge in [-0.2, -0.15) is 0 Å². The van der Waals surface area contributed by atoms with Crippen molar-refractivity contribution in [3.05, 3.63) is 22.8 Å². The lowest BCUT2D eigenvalue weighted by molar-refractivity contribution is -0.338. The van der Waals surface area contributed by atoms with Gasteiger partial charge in [-0.25, -0.2) is 0 Å². The van der Waals surface area contributed by atoms with E-state index in [4.69, 9.17) is 9.47 Å². The van der Waals surface area contributed by atoms with Crippen LogP contribution in [0.15, 0.2) is 22.8 Å². The summed E-state index contributed by atoms with van der Waals surface area (Å²) in [6, 6.07) is 0. The minimum Gasteiger partial charge on any atom is -0.345 e. The minimum absolute atomic E-state index is 0.0106. The SMILES string of the molecule is CC1=CC2(OCC(C)(C)CO2)[C@]2(C)CC(C)=C(C)C[C@]2(C)C1=O. The molecule has 2 aliphatic carbocycles. The zero-order valence-corrected chi connectivity index (χ0v) is 15.6. The molecule has 23 heavy (non-hydrogen) atoms. The fourth-order valence-electron chi connectivity index (χ4n) is 4.63. The molecule has 1 heterocycles. The van der Waals surface area contributed by atoms with Crippen LogP contribution < -0.4 is 0 Å². The Balaban J connectivity index is 2.16. The Hall–Kier alpha value is -0.930. The highest BCUT2D eigenvalue weighted by Crippen LogP contribution is 2.63. The smallest absolute Gasteiger partial charge is 0.195 e. The highest BCUT2D eigenvalue weighted by atomic mass is 16.7. The zero-order valence-electron chi connectivity index (χ0n) is 15.6. The second kappa shape index (κ2) is 4.80. The largest absolute Gasteiger partial charge is 0.345 e. The summed E-state index contributed by atoms with van der Waals surface area (Å²) in [5, 5.41) is 0. The molecular weight excluding hydrogens is 288 g/mol. The van der Waals surface area contributed by atoms with Gasteiger partial charge in [-0.15, -0.1) is 0 Å². The van der Waals surface area contributed by atoms with E-state index in [1.807, 2.05) is 13.0 Å². The summed E-state index contributed by atoms with van der Waals surface area (Å²) in [7, 11) is 0. The van der Waals surface area contributed by atoms with E-state index < -0.39 is 11.2 Å². The minimum atomic E-state index is -0.794. The van der Waals surface area contributed by atoms with E-state index in [0.29, 0.717) is 13.2 Å². The number of ether oxygens (including phenoxy) is 2. The van der Waals surface area contributed by atoms with Crippen LogP contribution in [-0.4, -0.2) is 24.8 Å². The molecule has 0 saturated carbocycles. The lowest BCUT2D eigenvalue weighted by Crippen LogP contribution is -2.66. The van der Waals surface area contributed by atoms with Crippen molar-refractivity contribution in [3.63, 3.8) is 0 Å². The van der Waals surface area contributed by atoms with E-state index in [0.717, 1.165) is 18.4 Å². The second-order valence-electron chi connectivity index (χ2n) is 9.14. The van der Waals surface area contributed by atoms with Gasteiger partial charge in [0.2, 0.25) is 0 Å². The Bertz CT molecular complexity index is 615. The van der Waals surface area contributed by atoms with E-state index >= 15 is 0 Å². The molecule has 0 unspecified atom stereocenters. The standard InChI is InChI=1S/C20H30O3/c1-13-8-18(6)16(21)15(3)10-20(19(18,7)9-14(13)2)22-11-17(4,5)12-23-20/h10H,8-9,11-12H2,1-7H3/t18-,19-/m1/s1. The molecule has 3 aliphatic rings. The first kappa shape index (κ1) is 16.9. The maximum Gasteiger partial charge on any atom is 0.195 e.